The molecule has 1 saturated carbocycles. The van der Waals surface area contributed by atoms with E-state index in [-0.39, 0.29) is 10.9 Å². The Morgan fingerprint density at radius 1 is 1.30 bits per heavy atom. The second kappa shape index (κ2) is 5.79. The lowest BCUT2D eigenvalue weighted by molar-refractivity contribution is 0.399. The molecule has 0 bridgehead atoms. The number of nitrogens with two attached hydrogens (primary N) is 1. The van der Waals surface area contributed by atoms with E-state index in [0.717, 1.165) is 12.8 Å². The molecule has 1 aliphatic carbocycles. The number of hydrogen-bond acceptors (Lipinski definition) is 3. The fourth-order valence-corrected chi connectivity index (χ4v) is 4.67. The smallest absolute Gasteiger partial charge is 0.243 e. The SMILES string of the molecule is Cc1cc(F)cc(C)c1S(=O)(=O)N(CCCN)C1CC1. The molecular weight excluding hydrogens is 279 g/mol. The minimum atomic E-state index is -3.58. The number of rotatable bonds is 6. The predicted molar refractivity (Wildman–Crippen MR) is 76.5 cm³/mol. The normalized spacial score (nSPS) is 15.8. The molecule has 0 heterocycles. The van der Waals surface area contributed by atoms with Gasteiger partial charge >= 0.3 is 0 Å². The first-order chi connectivity index (χ1) is 9.37. The van der Waals surface area contributed by atoms with Crippen LogP contribution in [-0.4, -0.2) is 31.9 Å². The van der Waals surface area contributed by atoms with Crippen LogP contribution in [0, 0.1) is 19.7 Å². The van der Waals surface area contributed by atoms with Gasteiger partial charge in [-0.15, -0.1) is 0 Å². The first-order valence-electron chi connectivity index (χ1n) is 6.86. The average Bonchev–Trinajstić information content (AvgIpc) is 3.11. The first kappa shape index (κ1) is 15.4. The fraction of sp³-hybridized carbons (Fsp3) is 0.571. The number of nitrogens with zero attached hydrogens (tertiary/aromatic N) is 1. The Kier molecular flexibility index (Phi) is 4.46. The predicted octanol–water partition coefficient (Wildman–Crippen LogP) is 1.94. The molecule has 1 aromatic rings. The molecule has 1 fully saturated rings. The lowest BCUT2D eigenvalue weighted by Crippen LogP contribution is -2.35. The Balaban J connectivity index is 2.42. The topological polar surface area (TPSA) is 63.4 Å². The summed E-state index contributed by atoms with van der Waals surface area (Å²) >= 11 is 0. The number of aryl methyl sites for hydroxylation is 2. The Labute approximate surface area is 119 Å². The van der Waals surface area contributed by atoms with Gasteiger partial charge in [-0.25, -0.2) is 12.8 Å². The van der Waals surface area contributed by atoms with Gasteiger partial charge in [0.1, 0.15) is 5.82 Å². The third-order valence-corrected chi connectivity index (χ3v) is 5.79. The second-order valence-corrected chi connectivity index (χ2v) is 7.19. The molecule has 0 aromatic heterocycles. The molecule has 0 saturated heterocycles. The molecule has 20 heavy (non-hydrogen) atoms. The summed E-state index contributed by atoms with van der Waals surface area (Å²) in [5.41, 5.74) is 6.41. The quantitative estimate of drug-likeness (QED) is 0.873. The zero-order valence-corrected chi connectivity index (χ0v) is 12.7. The summed E-state index contributed by atoms with van der Waals surface area (Å²) in [7, 11) is -3.58. The van der Waals surface area contributed by atoms with Gasteiger partial charge in [0, 0.05) is 12.6 Å². The Morgan fingerprint density at radius 3 is 2.30 bits per heavy atom. The van der Waals surface area contributed by atoms with E-state index in [1.807, 2.05) is 0 Å². The molecule has 2 N–H and O–H groups in total. The molecule has 0 aliphatic heterocycles. The molecule has 6 heteroatoms. The fourth-order valence-electron chi connectivity index (χ4n) is 2.53. The Hall–Kier alpha value is -0.980. The van der Waals surface area contributed by atoms with E-state index in [0.29, 0.717) is 30.6 Å². The average molecular weight is 300 g/mol. The van der Waals surface area contributed by atoms with Crippen molar-refractivity contribution >= 4 is 10.0 Å². The van der Waals surface area contributed by atoms with Crippen molar-refractivity contribution in [2.24, 2.45) is 5.73 Å². The van der Waals surface area contributed by atoms with Crippen LogP contribution in [-0.2, 0) is 10.0 Å². The molecule has 1 aliphatic rings. The van der Waals surface area contributed by atoms with Gasteiger partial charge in [-0.3, -0.25) is 0 Å². The Morgan fingerprint density at radius 2 is 1.85 bits per heavy atom. The van der Waals surface area contributed by atoms with E-state index in [1.54, 1.807) is 13.8 Å². The van der Waals surface area contributed by atoms with Crippen LogP contribution in [0.15, 0.2) is 17.0 Å². The third-order valence-electron chi connectivity index (χ3n) is 3.53. The number of hydrogen-bond donors (Lipinski definition) is 1. The maximum atomic E-state index is 13.3. The van der Waals surface area contributed by atoms with Crippen LogP contribution in [0.4, 0.5) is 4.39 Å². The molecule has 0 unspecified atom stereocenters. The maximum Gasteiger partial charge on any atom is 0.243 e. The van der Waals surface area contributed by atoms with E-state index in [2.05, 4.69) is 0 Å². The standard InChI is InChI=1S/C14H21FN2O2S/c1-10-8-12(15)9-11(2)14(10)20(18,19)17(7-3-6-16)13-4-5-13/h8-9,13H,3-7,16H2,1-2H3. The van der Waals surface area contributed by atoms with Gasteiger partial charge in [0.25, 0.3) is 0 Å². The lowest BCUT2D eigenvalue weighted by Gasteiger charge is -2.23. The summed E-state index contributed by atoms with van der Waals surface area (Å²) in [6.45, 7) is 4.16. The molecule has 1 aromatic carbocycles. The van der Waals surface area contributed by atoms with Gasteiger partial charge in [-0.05, 0) is 62.9 Å². The monoisotopic (exact) mass is 300 g/mol. The van der Waals surface area contributed by atoms with Crippen molar-refractivity contribution in [1.82, 2.24) is 4.31 Å². The number of halogens is 1. The highest BCUT2D eigenvalue weighted by Crippen LogP contribution is 2.34. The van der Waals surface area contributed by atoms with Gasteiger partial charge in [0.2, 0.25) is 10.0 Å². The van der Waals surface area contributed by atoms with Crippen LogP contribution in [0.2, 0.25) is 0 Å². The van der Waals surface area contributed by atoms with Gasteiger partial charge in [-0.2, -0.15) is 4.31 Å². The van der Waals surface area contributed by atoms with Crippen LogP contribution in [0.5, 0.6) is 0 Å². The van der Waals surface area contributed by atoms with E-state index in [9.17, 15) is 12.8 Å². The summed E-state index contributed by atoms with van der Waals surface area (Å²) in [4.78, 5) is 0.239. The van der Waals surface area contributed by atoms with Crippen molar-refractivity contribution in [2.75, 3.05) is 13.1 Å². The van der Waals surface area contributed by atoms with Gasteiger partial charge < -0.3 is 5.73 Å². The van der Waals surface area contributed by atoms with Crippen molar-refractivity contribution in [3.05, 3.63) is 29.1 Å². The molecule has 112 valence electrons. The van der Waals surface area contributed by atoms with Crippen LogP contribution in [0.25, 0.3) is 0 Å². The zero-order valence-electron chi connectivity index (χ0n) is 11.9. The van der Waals surface area contributed by atoms with Gasteiger partial charge in [0.15, 0.2) is 0 Å². The van der Waals surface area contributed by atoms with Crippen molar-refractivity contribution < 1.29 is 12.8 Å². The molecule has 2 rings (SSSR count). The van der Waals surface area contributed by atoms with Crippen LogP contribution in [0.3, 0.4) is 0 Å². The molecule has 0 radical (unpaired) electrons. The molecule has 4 nitrogen and oxygen atoms in total. The van der Waals surface area contributed by atoms with Crippen LogP contribution in [0.1, 0.15) is 30.4 Å². The number of benzene rings is 1. The molecular formula is C14H21FN2O2S. The summed E-state index contributed by atoms with van der Waals surface area (Å²) in [5, 5.41) is 0. The summed E-state index contributed by atoms with van der Waals surface area (Å²) in [6, 6.07) is 2.62. The van der Waals surface area contributed by atoms with Crippen molar-refractivity contribution in [3.63, 3.8) is 0 Å². The molecule has 0 spiro atoms. The molecule has 0 amide bonds. The highest BCUT2D eigenvalue weighted by molar-refractivity contribution is 7.89. The third kappa shape index (κ3) is 3.02. The van der Waals surface area contributed by atoms with E-state index >= 15 is 0 Å². The van der Waals surface area contributed by atoms with Crippen LogP contribution >= 0.6 is 0 Å². The highest BCUT2D eigenvalue weighted by Gasteiger charge is 2.38. The van der Waals surface area contributed by atoms with E-state index in [4.69, 9.17) is 5.73 Å². The maximum absolute atomic E-state index is 13.3. The summed E-state index contributed by atoms with van der Waals surface area (Å²) in [6.07, 6.45) is 2.42. The van der Waals surface area contributed by atoms with E-state index in [1.165, 1.54) is 16.4 Å². The first-order valence-corrected chi connectivity index (χ1v) is 8.30. The van der Waals surface area contributed by atoms with Crippen molar-refractivity contribution in [3.8, 4) is 0 Å². The highest BCUT2D eigenvalue weighted by atomic mass is 32.2. The van der Waals surface area contributed by atoms with Crippen LogP contribution < -0.4 is 5.73 Å². The van der Waals surface area contributed by atoms with Crippen molar-refractivity contribution in [2.45, 2.75) is 44.0 Å². The van der Waals surface area contributed by atoms with Gasteiger partial charge in [-0.1, -0.05) is 0 Å². The van der Waals surface area contributed by atoms with E-state index < -0.39 is 15.8 Å². The minimum Gasteiger partial charge on any atom is -0.330 e. The minimum absolute atomic E-state index is 0.0791. The van der Waals surface area contributed by atoms with Crippen molar-refractivity contribution in [1.29, 1.82) is 0 Å². The summed E-state index contributed by atoms with van der Waals surface area (Å²) in [5.74, 6) is -0.404. The molecule has 0 atom stereocenters. The number of sulfonamides is 1. The van der Waals surface area contributed by atoms with Gasteiger partial charge in [0.05, 0.1) is 4.90 Å². The largest absolute Gasteiger partial charge is 0.330 e. The zero-order chi connectivity index (χ0) is 14.9. The Bertz CT molecular complexity index is 574. The second-order valence-electron chi connectivity index (χ2n) is 5.36. The summed E-state index contributed by atoms with van der Waals surface area (Å²) < 4.78 is 40.6. The lowest BCUT2D eigenvalue weighted by atomic mass is 10.1.